The average molecular weight is 350 g/mol. The maximum Gasteiger partial charge on any atom is 0.216 e. The summed E-state index contributed by atoms with van der Waals surface area (Å²) in [5.74, 6) is 0.446. The number of thiophene rings is 1. The molecule has 0 atom stereocenters. The van der Waals surface area contributed by atoms with Crippen molar-refractivity contribution in [3.8, 4) is 0 Å². The summed E-state index contributed by atoms with van der Waals surface area (Å²) in [5.41, 5.74) is 0. The monoisotopic (exact) mass is 350 g/mol. The van der Waals surface area contributed by atoms with E-state index in [9.17, 15) is 9.59 Å². The van der Waals surface area contributed by atoms with Crippen molar-refractivity contribution < 1.29 is 9.59 Å². The molecule has 0 saturated heterocycles. The molecular weight excluding hydrogens is 332 g/mol. The quantitative estimate of drug-likeness (QED) is 0.584. The number of ketones is 1. The van der Waals surface area contributed by atoms with Crippen LogP contribution in [0.2, 0.25) is 0 Å². The molecule has 6 nitrogen and oxygen atoms in total. The van der Waals surface area contributed by atoms with Crippen LogP contribution in [0.5, 0.6) is 0 Å². The number of hydrogen-bond acceptors (Lipinski definition) is 6. The lowest BCUT2D eigenvalue weighted by molar-refractivity contribution is -0.118. The van der Waals surface area contributed by atoms with Gasteiger partial charge < -0.3 is 9.88 Å². The third-order valence-electron chi connectivity index (χ3n) is 3.49. The van der Waals surface area contributed by atoms with Crippen LogP contribution in [0.15, 0.2) is 23.6 Å². The highest BCUT2D eigenvalue weighted by molar-refractivity contribution is 7.99. The van der Waals surface area contributed by atoms with Gasteiger partial charge in [0.1, 0.15) is 6.33 Å². The predicted octanol–water partition coefficient (Wildman–Crippen LogP) is 2.33. The van der Waals surface area contributed by atoms with E-state index in [1.165, 1.54) is 42.9 Å². The molecule has 0 radical (unpaired) electrons. The molecular formula is C15H18N4O2S2. The number of nitrogens with zero attached hydrogens (tertiary/aromatic N) is 3. The molecule has 0 unspecified atom stereocenters. The van der Waals surface area contributed by atoms with E-state index in [1.54, 1.807) is 6.33 Å². The first-order valence-corrected chi connectivity index (χ1v) is 9.32. The Morgan fingerprint density at radius 2 is 2.26 bits per heavy atom. The summed E-state index contributed by atoms with van der Waals surface area (Å²) < 4.78 is 2.06. The zero-order chi connectivity index (χ0) is 16.2. The van der Waals surface area contributed by atoms with Gasteiger partial charge in [-0.15, -0.1) is 21.5 Å². The van der Waals surface area contributed by atoms with E-state index < -0.39 is 0 Å². The van der Waals surface area contributed by atoms with Gasteiger partial charge >= 0.3 is 0 Å². The molecule has 2 aromatic heterocycles. The van der Waals surface area contributed by atoms with Crippen LogP contribution in [0.4, 0.5) is 0 Å². The smallest absolute Gasteiger partial charge is 0.216 e. The van der Waals surface area contributed by atoms with Crippen LogP contribution >= 0.6 is 23.1 Å². The zero-order valence-electron chi connectivity index (χ0n) is 12.8. The first-order chi connectivity index (χ1) is 11.1. The minimum atomic E-state index is -0.0333. The van der Waals surface area contributed by atoms with E-state index in [-0.39, 0.29) is 11.7 Å². The lowest BCUT2D eigenvalue weighted by atomic mass is 10.3. The normalized spacial score (nSPS) is 14.0. The fourth-order valence-electron chi connectivity index (χ4n) is 2.16. The number of thioether (sulfide) groups is 1. The number of hydrogen-bond donors (Lipinski definition) is 1. The van der Waals surface area contributed by atoms with Crippen molar-refractivity contribution in [3.63, 3.8) is 0 Å². The lowest BCUT2D eigenvalue weighted by Gasteiger charge is -2.02. The molecule has 1 aliphatic carbocycles. The maximum atomic E-state index is 12.3. The number of rotatable bonds is 8. The van der Waals surface area contributed by atoms with Crippen LogP contribution in [0.1, 0.15) is 40.4 Å². The Morgan fingerprint density at radius 1 is 1.43 bits per heavy atom. The number of Topliss-reactive ketones (excluding diaryl/α,β-unsaturated/α-hetero) is 1. The van der Waals surface area contributed by atoms with E-state index in [0.29, 0.717) is 18.3 Å². The van der Waals surface area contributed by atoms with Crippen molar-refractivity contribution in [2.75, 3.05) is 12.3 Å². The molecule has 1 fully saturated rings. The molecule has 2 aromatic rings. The summed E-state index contributed by atoms with van der Waals surface area (Å²) >= 11 is 2.94. The summed E-state index contributed by atoms with van der Waals surface area (Å²) in [6.07, 6.45) is 4.83. The fourth-order valence-corrected chi connectivity index (χ4v) is 4.07. The fraction of sp³-hybridized carbons (Fsp3) is 0.467. The second kappa shape index (κ2) is 7.27. The summed E-state index contributed by atoms with van der Waals surface area (Å²) in [6, 6.07) is 4.34. The average Bonchev–Trinajstić information content (AvgIpc) is 3.07. The van der Waals surface area contributed by atoms with Gasteiger partial charge in [0, 0.05) is 24.4 Å². The number of amides is 1. The minimum absolute atomic E-state index is 0.0333. The number of carbonyl (C=O) groups excluding carboxylic acids is 2. The van der Waals surface area contributed by atoms with Crippen molar-refractivity contribution >= 4 is 34.8 Å². The third kappa shape index (κ3) is 4.42. The van der Waals surface area contributed by atoms with Gasteiger partial charge in [0.25, 0.3) is 0 Å². The van der Waals surface area contributed by atoms with E-state index in [0.717, 1.165) is 21.3 Å². The van der Waals surface area contributed by atoms with Crippen LogP contribution in [-0.2, 0) is 11.2 Å². The molecule has 23 heavy (non-hydrogen) atoms. The molecule has 1 N–H and O–H groups in total. The molecule has 8 heteroatoms. The first kappa shape index (κ1) is 16.2. The summed E-state index contributed by atoms with van der Waals surface area (Å²) in [6.45, 7) is 2.10. The highest BCUT2D eigenvalue weighted by Gasteiger charge is 2.26. The topological polar surface area (TPSA) is 76.9 Å². The van der Waals surface area contributed by atoms with Crippen LogP contribution in [-0.4, -0.2) is 38.8 Å². The van der Waals surface area contributed by atoms with Gasteiger partial charge in [-0.3, -0.25) is 9.59 Å². The van der Waals surface area contributed by atoms with E-state index in [1.807, 2.05) is 12.1 Å². The lowest BCUT2D eigenvalue weighted by Crippen LogP contribution is -2.22. The van der Waals surface area contributed by atoms with Crippen molar-refractivity contribution in [1.29, 1.82) is 0 Å². The highest BCUT2D eigenvalue weighted by atomic mass is 32.2. The van der Waals surface area contributed by atoms with Crippen molar-refractivity contribution in [2.45, 2.75) is 37.4 Å². The zero-order valence-corrected chi connectivity index (χ0v) is 14.5. The number of carbonyl (C=O) groups is 2. The second-order valence-electron chi connectivity index (χ2n) is 5.46. The Balaban J connectivity index is 1.51. The minimum Gasteiger partial charge on any atom is -0.356 e. The number of nitrogens with one attached hydrogen (secondary N) is 1. The summed E-state index contributed by atoms with van der Waals surface area (Å²) in [5, 5.41) is 11.6. The Bertz CT molecular complexity index is 706. The van der Waals surface area contributed by atoms with Gasteiger partial charge in [0.15, 0.2) is 10.9 Å². The third-order valence-corrected chi connectivity index (χ3v) is 5.64. The molecule has 122 valence electrons. The van der Waals surface area contributed by atoms with Crippen LogP contribution in [0, 0.1) is 0 Å². The van der Waals surface area contributed by atoms with Gasteiger partial charge in [0.2, 0.25) is 5.91 Å². The molecule has 3 rings (SSSR count). The van der Waals surface area contributed by atoms with Gasteiger partial charge in [-0.25, -0.2) is 0 Å². The molecule has 1 aliphatic rings. The number of aromatic nitrogens is 3. The first-order valence-electron chi connectivity index (χ1n) is 7.52. The molecule has 0 aromatic carbocycles. The molecule has 0 aliphatic heterocycles. The predicted molar refractivity (Wildman–Crippen MR) is 90.1 cm³/mol. The standard InChI is InChI=1S/C15H18N4O2S2/c1-10(20)16-7-6-12-4-5-14(23-12)13(21)8-22-15-18-17-9-19(15)11-2-3-11/h4-5,9,11H,2-3,6-8H2,1H3,(H,16,20). The van der Waals surface area contributed by atoms with Crippen molar-refractivity contribution in [2.24, 2.45) is 0 Å². The van der Waals surface area contributed by atoms with Gasteiger partial charge in [0.05, 0.1) is 10.6 Å². The van der Waals surface area contributed by atoms with E-state index in [2.05, 4.69) is 20.1 Å². The molecule has 0 spiro atoms. The maximum absolute atomic E-state index is 12.3. The summed E-state index contributed by atoms with van der Waals surface area (Å²) in [7, 11) is 0. The Morgan fingerprint density at radius 3 is 3.00 bits per heavy atom. The Labute approximate surface area is 142 Å². The summed E-state index contributed by atoms with van der Waals surface area (Å²) in [4.78, 5) is 25.0. The molecule has 0 bridgehead atoms. The van der Waals surface area contributed by atoms with Gasteiger partial charge in [-0.2, -0.15) is 0 Å². The van der Waals surface area contributed by atoms with E-state index >= 15 is 0 Å². The van der Waals surface area contributed by atoms with E-state index in [4.69, 9.17) is 0 Å². The molecule has 1 amide bonds. The Kier molecular flexibility index (Phi) is 5.12. The van der Waals surface area contributed by atoms with Gasteiger partial charge in [-0.05, 0) is 31.4 Å². The van der Waals surface area contributed by atoms with Crippen LogP contribution in [0.3, 0.4) is 0 Å². The largest absolute Gasteiger partial charge is 0.356 e. The second-order valence-corrected chi connectivity index (χ2v) is 7.57. The van der Waals surface area contributed by atoms with Crippen LogP contribution < -0.4 is 5.32 Å². The highest BCUT2D eigenvalue weighted by Crippen LogP contribution is 2.37. The van der Waals surface area contributed by atoms with Crippen molar-refractivity contribution in [3.05, 3.63) is 28.2 Å². The van der Waals surface area contributed by atoms with Gasteiger partial charge in [-0.1, -0.05) is 11.8 Å². The Hall–Kier alpha value is -1.67. The SMILES string of the molecule is CC(=O)NCCc1ccc(C(=O)CSc2nncn2C2CC2)s1. The van der Waals surface area contributed by atoms with Crippen molar-refractivity contribution in [1.82, 2.24) is 20.1 Å². The molecule has 1 saturated carbocycles. The van der Waals surface area contributed by atoms with Crippen LogP contribution in [0.25, 0.3) is 0 Å². The molecule has 2 heterocycles.